The van der Waals surface area contributed by atoms with Gasteiger partial charge in [-0.25, -0.2) is 0 Å². The van der Waals surface area contributed by atoms with Crippen molar-refractivity contribution in [3.63, 3.8) is 0 Å². The molecule has 1 amide bonds. The van der Waals surface area contributed by atoms with Gasteiger partial charge in [-0.15, -0.1) is 0 Å². The molecule has 0 bridgehead atoms. The van der Waals surface area contributed by atoms with Crippen molar-refractivity contribution >= 4 is 11.6 Å². The second kappa shape index (κ2) is 7.21. The summed E-state index contributed by atoms with van der Waals surface area (Å²) in [6.07, 6.45) is 0. The first kappa shape index (κ1) is 16.8. The Morgan fingerprint density at radius 1 is 1.04 bits per heavy atom. The van der Waals surface area contributed by atoms with Crippen molar-refractivity contribution < 1.29 is 9.53 Å². The minimum absolute atomic E-state index is 0.0432. The zero-order valence-corrected chi connectivity index (χ0v) is 14.6. The molecule has 0 unspecified atom stereocenters. The van der Waals surface area contributed by atoms with E-state index < -0.39 is 0 Å². The van der Waals surface area contributed by atoms with Gasteiger partial charge >= 0.3 is 0 Å². The molecule has 3 aromatic rings. The first-order valence-corrected chi connectivity index (χ1v) is 8.13. The fourth-order valence-electron chi connectivity index (χ4n) is 2.65. The van der Waals surface area contributed by atoms with Crippen molar-refractivity contribution in [1.82, 2.24) is 9.78 Å². The molecule has 0 aliphatic heterocycles. The Bertz CT molecular complexity index is 868. The van der Waals surface area contributed by atoms with Crippen molar-refractivity contribution in [2.24, 2.45) is 7.05 Å². The maximum Gasteiger partial charge on any atom is 0.262 e. The van der Waals surface area contributed by atoms with Crippen molar-refractivity contribution in [2.45, 2.75) is 13.8 Å². The predicted octanol–water partition coefficient (Wildman–Crippen LogP) is 3.72. The van der Waals surface area contributed by atoms with Gasteiger partial charge in [0, 0.05) is 7.05 Å². The molecular formula is C20H21N3O2. The van der Waals surface area contributed by atoms with Crippen LogP contribution in [0.4, 0.5) is 5.69 Å². The number of hydrogen-bond acceptors (Lipinski definition) is 3. The van der Waals surface area contributed by atoms with E-state index in [1.165, 1.54) is 0 Å². The Morgan fingerprint density at radius 3 is 2.28 bits per heavy atom. The molecule has 5 heteroatoms. The van der Waals surface area contributed by atoms with Gasteiger partial charge in [0.15, 0.2) is 6.61 Å². The van der Waals surface area contributed by atoms with E-state index >= 15 is 0 Å². The second-order valence-corrected chi connectivity index (χ2v) is 5.90. The normalized spacial score (nSPS) is 10.5. The van der Waals surface area contributed by atoms with Crippen LogP contribution < -0.4 is 10.1 Å². The molecule has 1 heterocycles. The van der Waals surface area contributed by atoms with Crippen molar-refractivity contribution in [3.05, 3.63) is 66.0 Å². The van der Waals surface area contributed by atoms with Gasteiger partial charge in [-0.3, -0.25) is 9.48 Å². The number of hydrogen-bond donors (Lipinski definition) is 1. The molecule has 3 rings (SSSR count). The summed E-state index contributed by atoms with van der Waals surface area (Å²) in [4.78, 5) is 12.1. The van der Waals surface area contributed by atoms with Crippen LogP contribution in [0.3, 0.4) is 0 Å². The lowest BCUT2D eigenvalue weighted by Crippen LogP contribution is -2.20. The molecular weight excluding hydrogens is 314 g/mol. The van der Waals surface area contributed by atoms with Crippen LogP contribution >= 0.6 is 0 Å². The largest absolute Gasteiger partial charge is 0.484 e. The Kier molecular flexibility index (Phi) is 4.84. The molecule has 128 valence electrons. The molecule has 2 aromatic carbocycles. The highest BCUT2D eigenvalue weighted by Gasteiger charge is 2.12. The van der Waals surface area contributed by atoms with Crippen LogP contribution in [-0.4, -0.2) is 22.3 Å². The van der Waals surface area contributed by atoms with Crippen LogP contribution in [-0.2, 0) is 11.8 Å². The Hall–Kier alpha value is -3.08. The highest BCUT2D eigenvalue weighted by atomic mass is 16.5. The van der Waals surface area contributed by atoms with E-state index in [-0.39, 0.29) is 12.5 Å². The van der Waals surface area contributed by atoms with Crippen molar-refractivity contribution in [1.29, 1.82) is 0 Å². The van der Waals surface area contributed by atoms with E-state index in [2.05, 4.69) is 22.5 Å². The number of nitrogens with one attached hydrogen (secondary N) is 1. The number of benzene rings is 2. The first-order chi connectivity index (χ1) is 12.0. The molecule has 0 saturated carbocycles. The van der Waals surface area contributed by atoms with Crippen molar-refractivity contribution in [3.8, 4) is 16.9 Å². The summed E-state index contributed by atoms with van der Waals surface area (Å²) in [6.45, 7) is 3.74. The average Bonchev–Trinajstić information content (AvgIpc) is 2.87. The van der Waals surface area contributed by atoms with E-state index in [0.29, 0.717) is 5.75 Å². The zero-order chi connectivity index (χ0) is 17.8. The Balaban J connectivity index is 1.59. The standard InChI is InChI=1S/C20H21N3O2/c1-14-20(15(2)23(3)22-14)21-19(24)13-25-18-11-9-17(10-12-18)16-7-5-4-6-8-16/h4-12H,13H2,1-3H3,(H,21,24). The number of anilines is 1. The highest BCUT2D eigenvalue weighted by molar-refractivity contribution is 5.93. The molecule has 0 radical (unpaired) electrons. The third-order valence-corrected chi connectivity index (χ3v) is 4.10. The van der Waals surface area contributed by atoms with Gasteiger partial charge in [0.1, 0.15) is 5.75 Å². The van der Waals surface area contributed by atoms with Crippen LogP contribution in [0, 0.1) is 13.8 Å². The number of carbonyl (C=O) groups excluding carboxylic acids is 1. The zero-order valence-electron chi connectivity index (χ0n) is 14.6. The molecule has 0 saturated heterocycles. The third kappa shape index (κ3) is 3.88. The number of aryl methyl sites for hydroxylation is 2. The van der Waals surface area contributed by atoms with Crippen LogP contribution in [0.25, 0.3) is 11.1 Å². The quantitative estimate of drug-likeness (QED) is 0.773. The molecule has 0 spiro atoms. The van der Waals surface area contributed by atoms with Gasteiger partial charge in [0.25, 0.3) is 5.91 Å². The van der Waals surface area contributed by atoms with Gasteiger partial charge in [-0.2, -0.15) is 5.10 Å². The first-order valence-electron chi connectivity index (χ1n) is 8.13. The Morgan fingerprint density at radius 2 is 1.68 bits per heavy atom. The SMILES string of the molecule is Cc1nn(C)c(C)c1NC(=O)COc1ccc(-c2ccccc2)cc1. The fourth-order valence-corrected chi connectivity index (χ4v) is 2.65. The van der Waals surface area contributed by atoms with Gasteiger partial charge in [0.2, 0.25) is 0 Å². The lowest BCUT2D eigenvalue weighted by atomic mass is 10.1. The molecule has 0 aliphatic carbocycles. The van der Waals surface area contributed by atoms with E-state index in [9.17, 15) is 4.79 Å². The van der Waals surface area contributed by atoms with Crippen LogP contribution in [0.5, 0.6) is 5.75 Å². The maximum atomic E-state index is 12.1. The average molecular weight is 335 g/mol. The number of amides is 1. The highest BCUT2D eigenvalue weighted by Crippen LogP contribution is 2.22. The van der Waals surface area contributed by atoms with Gasteiger partial charge in [0.05, 0.1) is 17.1 Å². The van der Waals surface area contributed by atoms with E-state index in [1.54, 1.807) is 4.68 Å². The van der Waals surface area contributed by atoms with Gasteiger partial charge in [-0.05, 0) is 37.1 Å². The molecule has 1 aromatic heterocycles. The summed E-state index contributed by atoms with van der Waals surface area (Å²) >= 11 is 0. The minimum Gasteiger partial charge on any atom is -0.484 e. The number of carbonyl (C=O) groups is 1. The van der Waals surface area contributed by atoms with E-state index in [4.69, 9.17) is 4.74 Å². The lowest BCUT2D eigenvalue weighted by molar-refractivity contribution is -0.118. The number of ether oxygens (including phenoxy) is 1. The van der Waals surface area contributed by atoms with Crippen molar-refractivity contribution in [2.75, 3.05) is 11.9 Å². The molecule has 0 atom stereocenters. The minimum atomic E-state index is -0.202. The van der Waals surface area contributed by atoms with E-state index in [0.717, 1.165) is 28.2 Å². The third-order valence-electron chi connectivity index (χ3n) is 4.10. The topological polar surface area (TPSA) is 56.2 Å². The molecule has 25 heavy (non-hydrogen) atoms. The molecule has 0 fully saturated rings. The maximum absolute atomic E-state index is 12.1. The summed E-state index contributed by atoms with van der Waals surface area (Å²) in [5.74, 6) is 0.459. The predicted molar refractivity (Wildman–Crippen MR) is 98.7 cm³/mol. The second-order valence-electron chi connectivity index (χ2n) is 5.90. The van der Waals surface area contributed by atoms with Crippen LogP contribution in [0.1, 0.15) is 11.4 Å². The molecule has 0 aliphatic rings. The summed E-state index contributed by atoms with van der Waals surface area (Å²) in [5.41, 5.74) is 4.71. The number of aromatic nitrogens is 2. The summed E-state index contributed by atoms with van der Waals surface area (Å²) in [6, 6.07) is 17.8. The van der Waals surface area contributed by atoms with E-state index in [1.807, 2.05) is 63.4 Å². The molecule has 5 nitrogen and oxygen atoms in total. The smallest absolute Gasteiger partial charge is 0.262 e. The Labute approximate surface area is 147 Å². The lowest BCUT2D eigenvalue weighted by Gasteiger charge is -2.09. The number of rotatable bonds is 5. The fraction of sp³-hybridized carbons (Fsp3) is 0.200. The summed E-state index contributed by atoms with van der Waals surface area (Å²) in [7, 11) is 1.85. The molecule has 1 N–H and O–H groups in total. The van der Waals surface area contributed by atoms with Crippen LogP contribution in [0.15, 0.2) is 54.6 Å². The summed E-state index contributed by atoms with van der Waals surface area (Å²) in [5, 5.41) is 7.14. The monoisotopic (exact) mass is 335 g/mol. The van der Waals surface area contributed by atoms with Gasteiger partial charge in [-0.1, -0.05) is 42.5 Å². The number of nitrogens with zero attached hydrogens (tertiary/aromatic N) is 2. The summed E-state index contributed by atoms with van der Waals surface area (Å²) < 4.78 is 7.32. The van der Waals surface area contributed by atoms with Crippen LogP contribution in [0.2, 0.25) is 0 Å². The van der Waals surface area contributed by atoms with Gasteiger partial charge < -0.3 is 10.1 Å².